The summed E-state index contributed by atoms with van der Waals surface area (Å²) in [6.45, 7) is 2.03. The van der Waals surface area contributed by atoms with E-state index >= 15 is 0 Å². The summed E-state index contributed by atoms with van der Waals surface area (Å²) in [6, 6.07) is 0.216. The van der Waals surface area contributed by atoms with Gasteiger partial charge < -0.3 is 10.2 Å². The van der Waals surface area contributed by atoms with E-state index in [1.54, 1.807) is 0 Å². The molecule has 104 valence electrons. The van der Waals surface area contributed by atoms with Gasteiger partial charge in [-0.15, -0.1) is 0 Å². The highest BCUT2D eigenvalue weighted by molar-refractivity contribution is 7.89. The lowest BCUT2D eigenvalue weighted by Gasteiger charge is -2.26. The van der Waals surface area contributed by atoms with Crippen LogP contribution in [0.15, 0.2) is 0 Å². The number of hydrogen-bond acceptors (Lipinski definition) is 4. The Labute approximate surface area is 108 Å². The normalized spacial score (nSPS) is 27.8. The molecule has 0 spiro atoms. The van der Waals surface area contributed by atoms with Crippen molar-refractivity contribution in [3.8, 4) is 0 Å². The van der Waals surface area contributed by atoms with Crippen molar-refractivity contribution in [2.45, 2.75) is 25.3 Å². The van der Waals surface area contributed by atoms with Gasteiger partial charge in [0.05, 0.1) is 12.3 Å². The van der Waals surface area contributed by atoms with Gasteiger partial charge in [0.15, 0.2) is 0 Å². The zero-order chi connectivity index (χ0) is 13.2. The van der Waals surface area contributed by atoms with E-state index in [1.807, 2.05) is 11.9 Å². The van der Waals surface area contributed by atoms with Crippen LogP contribution in [-0.4, -0.2) is 68.6 Å². The number of nitrogens with zero attached hydrogens (tertiary/aromatic N) is 2. The number of likely N-dealkylation sites (tertiary alicyclic amines) is 1. The predicted molar refractivity (Wildman–Crippen MR) is 68.6 cm³/mol. The zero-order valence-electron chi connectivity index (χ0n) is 10.8. The summed E-state index contributed by atoms with van der Waals surface area (Å²) in [4.78, 5) is 14.0. The van der Waals surface area contributed by atoms with Gasteiger partial charge in [0.2, 0.25) is 15.9 Å². The molecule has 2 heterocycles. The second-order valence-corrected chi connectivity index (χ2v) is 7.03. The molecule has 2 rings (SSSR count). The van der Waals surface area contributed by atoms with Gasteiger partial charge >= 0.3 is 0 Å². The molecule has 2 fully saturated rings. The molecular formula is C11H21N3O3S. The maximum Gasteiger partial charge on any atom is 0.238 e. The highest BCUT2D eigenvalue weighted by Gasteiger charge is 2.34. The molecule has 0 aliphatic carbocycles. The average Bonchev–Trinajstić information content (AvgIpc) is 2.87. The Hall–Kier alpha value is -0.660. The number of carbonyl (C=O) groups is 1. The molecule has 1 amide bonds. The molecule has 0 bridgehead atoms. The van der Waals surface area contributed by atoms with Crippen molar-refractivity contribution in [1.29, 1.82) is 0 Å². The second-order valence-electron chi connectivity index (χ2n) is 4.94. The van der Waals surface area contributed by atoms with Crippen LogP contribution in [0, 0.1) is 0 Å². The van der Waals surface area contributed by atoms with Gasteiger partial charge in [-0.2, -0.15) is 4.31 Å². The number of rotatable bonds is 4. The minimum atomic E-state index is -3.17. The molecule has 18 heavy (non-hydrogen) atoms. The summed E-state index contributed by atoms with van der Waals surface area (Å²) in [5, 5.41) is 3.08. The molecule has 0 aromatic rings. The predicted octanol–water partition coefficient (Wildman–Crippen LogP) is -0.768. The molecule has 1 N–H and O–H groups in total. The zero-order valence-corrected chi connectivity index (χ0v) is 11.6. The topological polar surface area (TPSA) is 69.7 Å². The largest absolute Gasteiger partial charge is 0.337 e. The smallest absolute Gasteiger partial charge is 0.238 e. The molecular weight excluding hydrogens is 254 g/mol. The summed E-state index contributed by atoms with van der Waals surface area (Å²) in [7, 11) is -1.30. The summed E-state index contributed by atoms with van der Waals surface area (Å²) in [5.74, 6) is 0.124. The minimum Gasteiger partial charge on any atom is -0.337 e. The van der Waals surface area contributed by atoms with Crippen molar-refractivity contribution >= 4 is 15.9 Å². The number of sulfonamides is 1. The third-order valence-electron chi connectivity index (χ3n) is 3.65. The summed E-state index contributed by atoms with van der Waals surface area (Å²) < 4.78 is 24.6. The molecule has 0 saturated carbocycles. The van der Waals surface area contributed by atoms with E-state index in [0.717, 1.165) is 25.9 Å². The fourth-order valence-electron chi connectivity index (χ4n) is 2.72. The second kappa shape index (κ2) is 5.54. The van der Waals surface area contributed by atoms with E-state index in [-0.39, 0.29) is 24.2 Å². The van der Waals surface area contributed by atoms with Crippen molar-refractivity contribution in [3.63, 3.8) is 0 Å². The van der Waals surface area contributed by atoms with Gasteiger partial charge in [-0.1, -0.05) is 0 Å². The van der Waals surface area contributed by atoms with Gasteiger partial charge in [0, 0.05) is 25.7 Å². The van der Waals surface area contributed by atoms with Crippen LogP contribution in [-0.2, 0) is 14.8 Å². The highest BCUT2D eigenvalue weighted by atomic mass is 32.2. The summed E-state index contributed by atoms with van der Waals surface area (Å²) >= 11 is 0. The van der Waals surface area contributed by atoms with Crippen LogP contribution in [0.25, 0.3) is 0 Å². The van der Waals surface area contributed by atoms with Crippen LogP contribution in [0.3, 0.4) is 0 Å². The Balaban J connectivity index is 1.95. The quantitative estimate of drug-likeness (QED) is 0.731. The first-order valence-electron chi connectivity index (χ1n) is 6.46. The SMILES string of the molecule is CNCC1CCCN1C(=O)CN1CCCS1(=O)=O. The molecule has 2 aliphatic heterocycles. The molecule has 6 nitrogen and oxygen atoms in total. The van der Waals surface area contributed by atoms with E-state index < -0.39 is 10.0 Å². The number of carbonyl (C=O) groups excluding carboxylic acids is 1. The van der Waals surface area contributed by atoms with Crippen LogP contribution in [0.2, 0.25) is 0 Å². The highest BCUT2D eigenvalue weighted by Crippen LogP contribution is 2.19. The number of likely N-dealkylation sites (N-methyl/N-ethyl adjacent to an activating group) is 1. The Morgan fingerprint density at radius 3 is 2.72 bits per heavy atom. The Bertz CT molecular complexity index is 410. The maximum atomic E-state index is 12.2. The Morgan fingerprint density at radius 1 is 1.33 bits per heavy atom. The maximum absolute atomic E-state index is 12.2. The van der Waals surface area contributed by atoms with Crippen molar-refractivity contribution < 1.29 is 13.2 Å². The molecule has 0 aromatic carbocycles. The first-order chi connectivity index (χ1) is 8.54. The fraction of sp³-hybridized carbons (Fsp3) is 0.909. The average molecular weight is 275 g/mol. The van der Waals surface area contributed by atoms with Crippen LogP contribution in [0.1, 0.15) is 19.3 Å². The standard InChI is InChI=1S/C11H21N3O3S/c1-12-8-10-4-2-6-14(10)11(15)9-13-5-3-7-18(13,16)17/h10,12H,2-9H2,1H3. The van der Waals surface area contributed by atoms with E-state index in [4.69, 9.17) is 0 Å². The molecule has 0 aromatic heterocycles. The Morgan fingerprint density at radius 2 is 2.11 bits per heavy atom. The van der Waals surface area contributed by atoms with Gasteiger partial charge in [-0.05, 0) is 26.3 Å². The molecule has 0 radical (unpaired) electrons. The molecule has 2 saturated heterocycles. The lowest BCUT2D eigenvalue weighted by atomic mass is 10.2. The van der Waals surface area contributed by atoms with Crippen molar-refractivity contribution in [2.24, 2.45) is 0 Å². The fourth-order valence-corrected chi connectivity index (χ4v) is 4.19. The Kier molecular flexibility index (Phi) is 4.24. The van der Waals surface area contributed by atoms with Crippen molar-refractivity contribution in [1.82, 2.24) is 14.5 Å². The molecule has 2 aliphatic rings. The third-order valence-corrected chi connectivity index (χ3v) is 5.56. The molecule has 1 atom stereocenters. The van der Waals surface area contributed by atoms with Crippen LogP contribution in [0.4, 0.5) is 0 Å². The van der Waals surface area contributed by atoms with Crippen LogP contribution in [0.5, 0.6) is 0 Å². The number of nitrogens with one attached hydrogen (secondary N) is 1. The number of hydrogen-bond donors (Lipinski definition) is 1. The monoisotopic (exact) mass is 275 g/mol. The van der Waals surface area contributed by atoms with E-state index in [1.165, 1.54) is 4.31 Å². The first kappa shape index (κ1) is 13.8. The lowest BCUT2D eigenvalue weighted by Crippen LogP contribution is -2.46. The molecule has 1 unspecified atom stereocenters. The third kappa shape index (κ3) is 2.84. The van der Waals surface area contributed by atoms with Crippen LogP contribution < -0.4 is 5.32 Å². The van der Waals surface area contributed by atoms with E-state index in [9.17, 15) is 13.2 Å². The minimum absolute atomic E-state index is 0.0164. The van der Waals surface area contributed by atoms with Gasteiger partial charge in [0.25, 0.3) is 0 Å². The molecule has 7 heteroatoms. The van der Waals surface area contributed by atoms with E-state index in [2.05, 4.69) is 5.32 Å². The van der Waals surface area contributed by atoms with E-state index in [0.29, 0.717) is 13.0 Å². The van der Waals surface area contributed by atoms with Gasteiger partial charge in [-0.25, -0.2) is 8.42 Å². The summed E-state index contributed by atoms with van der Waals surface area (Å²) in [6.07, 6.45) is 2.64. The van der Waals surface area contributed by atoms with Crippen LogP contribution >= 0.6 is 0 Å². The number of amides is 1. The van der Waals surface area contributed by atoms with Gasteiger partial charge in [0.1, 0.15) is 0 Å². The van der Waals surface area contributed by atoms with Gasteiger partial charge in [-0.3, -0.25) is 4.79 Å². The van der Waals surface area contributed by atoms with Crippen molar-refractivity contribution in [3.05, 3.63) is 0 Å². The lowest BCUT2D eigenvalue weighted by molar-refractivity contribution is -0.132. The first-order valence-corrected chi connectivity index (χ1v) is 8.07. The van der Waals surface area contributed by atoms with Crippen molar-refractivity contribution in [2.75, 3.05) is 39.0 Å². The summed E-state index contributed by atoms with van der Waals surface area (Å²) in [5.41, 5.74) is 0.